The molecule has 0 radical (unpaired) electrons. The Bertz CT molecular complexity index is 599. The minimum absolute atomic E-state index is 0.135. The summed E-state index contributed by atoms with van der Waals surface area (Å²) in [5, 5.41) is 0. The SMILES string of the molecule is Cc1ccc(F)c(Oc2nc(C)nc(N)c2C)c1. The van der Waals surface area contributed by atoms with Gasteiger partial charge in [0.2, 0.25) is 5.88 Å². The van der Waals surface area contributed by atoms with Crippen molar-refractivity contribution in [2.75, 3.05) is 5.73 Å². The largest absolute Gasteiger partial charge is 0.435 e. The van der Waals surface area contributed by atoms with Crippen molar-refractivity contribution in [1.82, 2.24) is 9.97 Å². The molecule has 5 heteroatoms. The normalized spacial score (nSPS) is 10.4. The molecule has 94 valence electrons. The number of hydrogen-bond donors (Lipinski definition) is 1. The fourth-order valence-corrected chi connectivity index (χ4v) is 1.52. The van der Waals surface area contributed by atoms with Crippen LogP contribution in [0.2, 0.25) is 0 Å². The zero-order chi connectivity index (χ0) is 13.3. The van der Waals surface area contributed by atoms with Crippen LogP contribution in [-0.4, -0.2) is 9.97 Å². The van der Waals surface area contributed by atoms with E-state index in [0.29, 0.717) is 17.2 Å². The van der Waals surface area contributed by atoms with Gasteiger partial charge in [0.25, 0.3) is 0 Å². The molecule has 2 rings (SSSR count). The predicted molar refractivity (Wildman–Crippen MR) is 67.1 cm³/mol. The summed E-state index contributed by atoms with van der Waals surface area (Å²) in [5.41, 5.74) is 7.22. The molecule has 18 heavy (non-hydrogen) atoms. The van der Waals surface area contributed by atoms with Crippen LogP contribution in [0.15, 0.2) is 18.2 Å². The molecule has 1 aromatic carbocycles. The molecule has 0 spiro atoms. The summed E-state index contributed by atoms with van der Waals surface area (Å²) < 4.78 is 19.1. The average molecular weight is 247 g/mol. The lowest BCUT2D eigenvalue weighted by atomic mass is 10.2. The van der Waals surface area contributed by atoms with Crippen LogP contribution in [0.1, 0.15) is 17.0 Å². The van der Waals surface area contributed by atoms with Crippen molar-refractivity contribution in [3.63, 3.8) is 0 Å². The van der Waals surface area contributed by atoms with Gasteiger partial charge in [-0.15, -0.1) is 0 Å². The highest BCUT2D eigenvalue weighted by molar-refractivity contribution is 5.46. The molecule has 0 bridgehead atoms. The monoisotopic (exact) mass is 247 g/mol. The number of benzene rings is 1. The summed E-state index contributed by atoms with van der Waals surface area (Å²) in [5.74, 6) is 0.807. The van der Waals surface area contributed by atoms with Gasteiger partial charge in [0.1, 0.15) is 11.6 Å². The number of nitrogens with zero attached hydrogens (tertiary/aromatic N) is 2. The zero-order valence-corrected chi connectivity index (χ0v) is 10.5. The molecule has 0 amide bonds. The Balaban J connectivity index is 2.43. The summed E-state index contributed by atoms with van der Waals surface area (Å²) in [6, 6.07) is 4.65. The minimum Gasteiger partial charge on any atom is -0.435 e. The van der Waals surface area contributed by atoms with Gasteiger partial charge in [-0.05, 0) is 38.5 Å². The molecular formula is C13H14FN3O. The molecule has 0 fully saturated rings. The van der Waals surface area contributed by atoms with E-state index in [2.05, 4.69) is 9.97 Å². The van der Waals surface area contributed by atoms with Gasteiger partial charge in [0.05, 0.1) is 5.56 Å². The summed E-state index contributed by atoms with van der Waals surface area (Å²) in [6.07, 6.45) is 0. The highest BCUT2D eigenvalue weighted by atomic mass is 19.1. The number of nitrogen functional groups attached to an aromatic ring is 1. The van der Waals surface area contributed by atoms with Crippen LogP contribution in [0.4, 0.5) is 10.2 Å². The zero-order valence-electron chi connectivity index (χ0n) is 10.5. The van der Waals surface area contributed by atoms with Crippen molar-refractivity contribution in [2.24, 2.45) is 0 Å². The maximum atomic E-state index is 13.6. The van der Waals surface area contributed by atoms with E-state index in [1.807, 2.05) is 6.92 Å². The van der Waals surface area contributed by atoms with Crippen LogP contribution in [0.5, 0.6) is 11.6 Å². The molecule has 1 aromatic heterocycles. The molecular weight excluding hydrogens is 233 g/mol. The van der Waals surface area contributed by atoms with E-state index in [0.717, 1.165) is 5.56 Å². The van der Waals surface area contributed by atoms with E-state index >= 15 is 0 Å². The van der Waals surface area contributed by atoms with E-state index in [1.54, 1.807) is 26.0 Å². The fourth-order valence-electron chi connectivity index (χ4n) is 1.52. The van der Waals surface area contributed by atoms with E-state index in [1.165, 1.54) is 6.07 Å². The first-order valence-electron chi connectivity index (χ1n) is 5.52. The smallest absolute Gasteiger partial charge is 0.227 e. The topological polar surface area (TPSA) is 61.0 Å². The molecule has 0 aliphatic heterocycles. The Morgan fingerprint density at radius 3 is 2.61 bits per heavy atom. The predicted octanol–water partition coefficient (Wildman–Crippen LogP) is 2.92. The average Bonchev–Trinajstić information content (AvgIpc) is 2.30. The number of nitrogens with two attached hydrogens (primary N) is 1. The third kappa shape index (κ3) is 2.40. The molecule has 0 atom stereocenters. The van der Waals surface area contributed by atoms with Crippen molar-refractivity contribution >= 4 is 5.82 Å². The van der Waals surface area contributed by atoms with Gasteiger partial charge >= 0.3 is 0 Å². The van der Waals surface area contributed by atoms with E-state index in [-0.39, 0.29) is 11.6 Å². The number of ether oxygens (including phenoxy) is 1. The molecule has 0 aliphatic rings. The minimum atomic E-state index is -0.435. The van der Waals surface area contributed by atoms with Crippen molar-refractivity contribution < 1.29 is 9.13 Å². The number of rotatable bonds is 2. The van der Waals surface area contributed by atoms with Gasteiger partial charge in [-0.1, -0.05) is 6.07 Å². The summed E-state index contributed by atoms with van der Waals surface area (Å²) in [4.78, 5) is 8.13. The third-order valence-corrected chi connectivity index (χ3v) is 2.54. The Morgan fingerprint density at radius 2 is 1.89 bits per heavy atom. The van der Waals surface area contributed by atoms with Crippen LogP contribution >= 0.6 is 0 Å². The Morgan fingerprint density at radius 1 is 1.17 bits per heavy atom. The fraction of sp³-hybridized carbons (Fsp3) is 0.231. The number of halogens is 1. The summed E-state index contributed by atoms with van der Waals surface area (Å²) in [6.45, 7) is 5.30. The summed E-state index contributed by atoms with van der Waals surface area (Å²) >= 11 is 0. The first-order valence-corrected chi connectivity index (χ1v) is 5.52. The number of aromatic nitrogens is 2. The maximum Gasteiger partial charge on any atom is 0.227 e. The van der Waals surface area contributed by atoms with Crippen molar-refractivity contribution in [2.45, 2.75) is 20.8 Å². The van der Waals surface area contributed by atoms with Crippen LogP contribution in [-0.2, 0) is 0 Å². The second kappa shape index (κ2) is 4.60. The standard InChI is InChI=1S/C13H14FN3O/c1-7-4-5-10(14)11(6-7)18-13-8(2)12(15)16-9(3)17-13/h4-6H,1-3H3,(H2,15,16,17). The van der Waals surface area contributed by atoms with Crippen LogP contribution < -0.4 is 10.5 Å². The number of hydrogen-bond acceptors (Lipinski definition) is 4. The Labute approximate surface area is 105 Å². The molecule has 0 aliphatic carbocycles. The lowest BCUT2D eigenvalue weighted by Gasteiger charge is -2.10. The first-order chi connectivity index (χ1) is 8.47. The molecule has 1 heterocycles. The molecule has 4 nitrogen and oxygen atoms in total. The van der Waals surface area contributed by atoms with Gasteiger partial charge in [0, 0.05) is 0 Å². The lowest BCUT2D eigenvalue weighted by molar-refractivity contribution is 0.422. The number of anilines is 1. The quantitative estimate of drug-likeness (QED) is 0.886. The molecule has 0 unspecified atom stereocenters. The van der Waals surface area contributed by atoms with Crippen LogP contribution in [0, 0.1) is 26.6 Å². The molecule has 0 saturated carbocycles. The van der Waals surface area contributed by atoms with E-state index in [9.17, 15) is 4.39 Å². The first kappa shape index (κ1) is 12.3. The van der Waals surface area contributed by atoms with Crippen LogP contribution in [0.3, 0.4) is 0 Å². The second-order valence-corrected chi connectivity index (χ2v) is 4.12. The number of aryl methyl sites for hydroxylation is 2. The lowest BCUT2D eigenvalue weighted by Crippen LogP contribution is -2.03. The van der Waals surface area contributed by atoms with E-state index in [4.69, 9.17) is 10.5 Å². The molecule has 2 aromatic rings. The Hall–Kier alpha value is -2.17. The van der Waals surface area contributed by atoms with Gasteiger partial charge in [-0.2, -0.15) is 4.98 Å². The second-order valence-electron chi connectivity index (χ2n) is 4.12. The maximum absolute atomic E-state index is 13.6. The highest BCUT2D eigenvalue weighted by Gasteiger charge is 2.11. The van der Waals surface area contributed by atoms with Gasteiger partial charge in [0.15, 0.2) is 11.6 Å². The van der Waals surface area contributed by atoms with Crippen molar-refractivity contribution in [3.8, 4) is 11.6 Å². The van der Waals surface area contributed by atoms with Gasteiger partial charge < -0.3 is 10.5 Å². The van der Waals surface area contributed by atoms with E-state index < -0.39 is 5.82 Å². The molecule has 2 N–H and O–H groups in total. The van der Waals surface area contributed by atoms with Crippen molar-refractivity contribution in [1.29, 1.82) is 0 Å². The van der Waals surface area contributed by atoms with Crippen molar-refractivity contribution in [3.05, 3.63) is 41.0 Å². The highest BCUT2D eigenvalue weighted by Crippen LogP contribution is 2.28. The van der Waals surface area contributed by atoms with Gasteiger partial charge in [-0.25, -0.2) is 9.37 Å². The Kier molecular flexibility index (Phi) is 3.14. The van der Waals surface area contributed by atoms with Crippen LogP contribution in [0.25, 0.3) is 0 Å². The third-order valence-electron chi connectivity index (χ3n) is 2.54. The summed E-state index contributed by atoms with van der Waals surface area (Å²) in [7, 11) is 0. The molecule has 0 saturated heterocycles. The van der Waals surface area contributed by atoms with Gasteiger partial charge in [-0.3, -0.25) is 0 Å².